The summed E-state index contributed by atoms with van der Waals surface area (Å²) < 4.78 is 7.37. The highest BCUT2D eigenvalue weighted by Crippen LogP contribution is 2.32. The van der Waals surface area contributed by atoms with Crippen LogP contribution in [0.2, 0.25) is 10.0 Å². The molecule has 1 amide bonds. The Morgan fingerprint density at radius 3 is 2.59 bits per heavy atom. The normalized spacial score (nSPS) is 17.1. The maximum Gasteiger partial charge on any atom is 0.283 e. The van der Waals surface area contributed by atoms with Crippen LogP contribution in [0.15, 0.2) is 62.7 Å². The number of benzene rings is 1. The number of aryl methyl sites for hydroxylation is 1. The summed E-state index contributed by atoms with van der Waals surface area (Å²) in [6, 6.07) is 10.8. The molecule has 0 saturated heterocycles. The number of rotatable bonds is 3. The maximum absolute atomic E-state index is 12.8. The molecule has 0 unspecified atom stereocenters. The van der Waals surface area contributed by atoms with Gasteiger partial charge in [0.2, 0.25) is 5.17 Å². The van der Waals surface area contributed by atoms with Crippen LogP contribution in [0, 0.1) is 19.3 Å². The predicted molar refractivity (Wildman–Crippen MR) is 128 cm³/mol. The van der Waals surface area contributed by atoms with Crippen molar-refractivity contribution in [3.63, 3.8) is 0 Å². The topological polar surface area (TPSA) is 87.0 Å². The molecule has 3 aromatic rings. The second kappa shape index (κ2) is 7.81. The number of aliphatic imine (C=N–C) groups is 1. The Labute approximate surface area is 197 Å². The van der Waals surface area contributed by atoms with Gasteiger partial charge in [-0.2, -0.15) is 15.1 Å². The van der Waals surface area contributed by atoms with E-state index in [9.17, 15) is 4.79 Å². The molecule has 32 heavy (non-hydrogen) atoms. The number of carbonyl (C=O) groups is 1. The molecule has 2 aromatic heterocycles. The number of nitrogens with zero attached hydrogens (tertiary/aromatic N) is 4. The van der Waals surface area contributed by atoms with Crippen LogP contribution in [-0.2, 0) is 4.79 Å². The van der Waals surface area contributed by atoms with E-state index < -0.39 is 5.91 Å². The van der Waals surface area contributed by atoms with Crippen LogP contribution in [0.3, 0.4) is 0 Å². The van der Waals surface area contributed by atoms with E-state index in [1.807, 2.05) is 36.6 Å². The molecular formula is C22H15Cl2N5O2S. The van der Waals surface area contributed by atoms with Crippen LogP contribution in [0.4, 0.5) is 0 Å². The summed E-state index contributed by atoms with van der Waals surface area (Å²) in [5, 5.41) is 16.3. The lowest BCUT2D eigenvalue weighted by Gasteiger charge is -2.20. The number of fused-ring (bicyclic) bond motifs is 1. The predicted octanol–water partition coefficient (Wildman–Crippen LogP) is 5.66. The lowest BCUT2D eigenvalue weighted by molar-refractivity contribution is -0.114. The van der Waals surface area contributed by atoms with Crippen LogP contribution in [0.5, 0.6) is 0 Å². The number of carbonyl (C=O) groups excluding carboxylic acids is 1. The monoisotopic (exact) mass is 483 g/mol. The van der Waals surface area contributed by atoms with Gasteiger partial charge in [-0.25, -0.2) is 0 Å². The zero-order valence-electron chi connectivity index (χ0n) is 16.9. The molecular weight excluding hydrogens is 469 g/mol. The minimum absolute atomic E-state index is 0.0374. The fourth-order valence-electron chi connectivity index (χ4n) is 3.65. The zero-order valence-corrected chi connectivity index (χ0v) is 19.2. The smallest absolute Gasteiger partial charge is 0.283 e. The first-order chi connectivity index (χ1) is 15.3. The van der Waals surface area contributed by atoms with Gasteiger partial charge >= 0.3 is 0 Å². The van der Waals surface area contributed by atoms with Crippen molar-refractivity contribution in [2.45, 2.75) is 13.8 Å². The van der Waals surface area contributed by atoms with Crippen LogP contribution in [0.1, 0.15) is 22.7 Å². The van der Waals surface area contributed by atoms with Crippen molar-refractivity contribution in [2.24, 2.45) is 10.1 Å². The van der Waals surface area contributed by atoms with Crippen molar-refractivity contribution >= 4 is 63.0 Å². The number of hydrazone groups is 1. The van der Waals surface area contributed by atoms with E-state index in [1.165, 1.54) is 16.8 Å². The van der Waals surface area contributed by atoms with Crippen molar-refractivity contribution < 1.29 is 9.21 Å². The molecule has 0 atom stereocenters. The lowest BCUT2D eigenvalue weighted by atomic mass is 10.1. The first kappa shape index (κ1) is 20.8. The van der Waals surface area contributed by atoms with Gasteiger partial charge in [0.1, 0.15) is 0 Å². The molecule has 0 fully saturated rings. The molecule has 0 spiro atoms. The van der Waals surface area contributed by atoms with Gasteiger partial charge in [-0.15, -0.1) is 0 Å². The lowest BCUT2D eigenvalue weighted by Crippen LogP contribution is -2.35. The van der Waals surface area contributed by atoms with Crippen LogP contribution in [-0.4, -0.2) is 31.5 Å². The minimum atomic E-state index is -0.486. The Morgan fingerprint density at radius 1 is 1.16 bits per heavy atom. The minimum Gasteiger partial charge on any atom is -0.462 e. The molecule has 0 saturated carbocycles. The number of halogens is 2. The van der Waals surface area contributed by atoms with Crippen molar-refractivity contribution in [3.05, 3.63) is 81.0 Å². The Kier molecular flexibility index (Phi) is 5.08. The molecule has 2 aliphatic rings. The van der Waals surface area contributed by atoms with Gasteiger partial charge in [0, 0.05) is 27.1 Å². The van der Waals surface area contributed by atoms with Crippen LogP contribution >= 0.6 is 35.0 Å². The van der Waals surface area contributed by atoms with Crippen molar-refractivity contribution in [1.82, 2.24) is 9.58 Å². The highest BCUT2D eigenvalue weighted by Gasteiger charge is 2.36. The summed E-state index contributed by atoms with van der Waals surface area (Å²) in [6.45, 7) is 3.88. The van der Waals surface area contributed by atoms with Gasteiger partial charge in [-0.3, -0.25) is 10.2 Å². The summed E-state index contributed by atoms with van der Waals surface area (Å²) in [5.41, 5.74) is 3.56. The van der Waals surface area contributed by atoms with Gasteiger partial charge in [0.05, 0.1) is 11.8 Å². The average Bonchev–Trinajstić information content (AvgIpc) is 3.44. The molecule has 0 radical (unpaired) electrons. The summed E-state index contributed by atoms with van der Waals surface area (Å²) in [7, 11) is 0. The number of thioether (sulfide) groups is 1. The first-order valence-electron chi connectivity index (χ1n) is 9.51. The molecule has 10 heteroatoms. The number of furan rings is 1. The summed E-state index contributed by atoms with van der Waals surface area (Å²) >= 11 is 13.6. The van der Waals surface area contributed by atoms with Gasteiger partial charge in [0.15, 0.2) is 16.6 Å². The fourth-order valence-corrected chi connectivity index (χ4v) is 5.02. The number of aromatic nitrogens is 1. The van der Waals surface area contributed by atoms with Crippen molar-refractivity contribution in [3.8, 4) is 5.69 Å². The van der Waals surface area contributed by atoms with E-state index >= 15 is 0 Å². The van der Waals surface area contributed by atoms with E-state index in [-0.39, 0.29) is 11.4 Å². The standard InChI is InChI=1S/C22H15Cl2N5O2S/c1-11-6-13(12(2)28(11)16-9-14(23)8-15(24)10-16)7-17-19(25)29-22(26-20(17)30)32-21(27-29)18-4-3-5-31-18/h3-10,25H,1-2H3/b17-7+,25-19?. The molecule has 0 bridgehead atoms. The van der Waals surface area contributed by atoms with Gasteiger partial charge in [0.25, 0.3) is 5.91 Å². The SMILES string of the molecule is Cc1cc(/C=C2\C(=N)N3N=C(c4ccco4)SC3=NC2=O)c(C)n1-c1cc(Cl)cc(Cl)c1. The molecule has 0 aliphatic carbocycles. The molecule has 160 valence electrons. The maximum atomic E-state index is 12.8. The highest BCUT2D eigenvalue weighted by molar-refractivity contribution is 8.27. The molecule has 2 aliphatic heterocycles. The molecule has 5 rings (SSSR count). The quantitative estimate of drug-likeness (QED) is 0.486. The number of hydrogen-bond acceptors (Lipinski definition) is 5. The third-order valence-electron chi connectivity index (χ3n) is 5.06. The van der Waals surface area contributed by atoms with E-state index in [1.54, 1.807) is 30.5 Å². The van der Waals surface area contributed by atoms with E-state index in [4.69, 9.17) is 33.0 Å². The number of nitrogens with one attached hydrogen (secondary N) is 1. The second-order valence-electron chi connectivity index (χ2n) is 7.19. The Balaban J connectivity index is 1.54. The molecule has 1 aromatic carbocycles. The molecule has 4 heterocycles. The number of hydrogen-bond donors (Lipinski definition) is 1. The summed E-state index contributed by atoms with van der Waals surface area (Å²) in [6.07, 6.45) is 3.21. The summed E-state index contributed by atoms with van der Waals surface area (Å²) in [5.74, 6) is 0.0338. The van der Waals surface area contributed by atoms with Gasteiger partial charge in [-0.1, -0.05) is 23.2 Å². The Hall–Kier alpha value is -3.07. The van der Waals surface area contributed by atoms with Crippen molar-refractivity contribution in [1.29, 1.82) is 5.41 Å². The third kappa shape index (κ3) is 3.50. The second-order valence-corrected chi connectivity index (χ2v) is 9.02. The number of amides is 1. The van der Waals surface area contributed by atoms with E-state index in [2.05, 4.69) is 10.1 Å². The average molecular weight is 484 g/mol. The third-order valence-corrected chi connectivity index (χ3v) is 6.42. The molecule has 7 nitrogen and oxygen atoms in total. The zero-order chi connectivity index (χ0) is 22.6. The first-order valence-corrected chi connectivity index (χ1v) is 11.1. The largest absolute Gasteiger partial charge is 0.462 e. The summed E-state index contributed by atoms with van der Waals surface area (Å²) in [4.78, 5) is 16.9. The fraction of sp³-hybridized carbons (Fsp3) is 0.0909. The van der Waals surface area contributed by atoms with Gasteiger partial charge < -0.3 is 8.98 Å². The highest BCUT2D eigenvalue weighted by atomic mass is 35.5. The van der Waals surface area contributed by atoms with E-state index in [0.29, 0.717) is 26.0 Å². The Morgan fingerprint density at radius 2 is 1.91 bits per heavy atom. The molecule has 1 N–H and O–H groups in total. The van der Waals surface area contributed by atoms with Crippen LogP contribution < -0.4 is 0 Å². The van der Waals surface area contributed by atoms with Crippen molar-refractivity contribution in [2.75, 3.05) is 0 Å². The van der Waals surface area contributed by atoms with Crippen LogP contribution in [0.25, 0.3) is 11.8 Å². The number of amidine groups is 2. The Bertz CT molecular complexity index is 1370. The van der Waals surface area contributed by atoms with E-state index in [0.717, 1.165) is 22.6 Å². The van der Waals surface area contributed by atoms with Gasteiger partial charge in [-0.05, 0) is 73.6 Å².